The third-order valence-electron chi connectivity index (χ3n) is 3.14. The normalized spacial score (nSPS) is 17.8. The number of carboxylic acids is 1. The van der Waals surface area contributed by atoms with Crippen molar-refractivity contribution < 1.29 is 19.5 Å². The Bertz CT molecular complexity index is 412. The van der Waals surface area contributed by atoms with E-state index in [1.165, 1.54) is 6.92 Å². The summed E-state index contributed by atoms with van der Waals surface area (Å²) in [5, 5.41) is 16.7. The number of aliphatic carboxylic acids is 1. The highest BCUT2D eigenvalue weighted by Gasteiger charge is 2.48. The smallest absolute Gasteiger partial charge is 0.329 e. The first-order valence-electron chi connectivity index (χ1n) is 6.65. The second-order valence-corrected chi connectivity index (χ2v) is 6.39. The lowest BCUT2D eigenvalue weighted by atomic mass is 9.96. The summed E-state index contributed by atoms with van der Waals surface area (Å²) in [6.45, 7) is 6.80. The van der Waals surface area contributed by atoms with Gasteiger partial charge in [-0.2, -0.15) is 0 Å². The van der Waals surface area contributed by atoms with Crippen molar-refractivity contribution in [2.45, 2.75) is 51.6 Å². The van der Waals surface area contributed by atoms with Gasteiger partial charge in [0.05, 0.1) is 6.54 Å². The van der Waals surface area contributed by atoms with E-state index in [1.807, 2.05) is 20.8 Å². The van der Waals surface area contributed by atoms with E-state index in [0.717, 1.165) is 12.8 Å². The zero-order valence-corrected chi connectivity index (χ0v) is 12.4. The van der Waals surface area contributed by atoms with Crippen molar-refractivity contribution in [3.8, 4) is 0 Å². The molecular formula is C13H23N3O4. The Morgan fingerprint density at radius 1 is 1.10 bits per heavy atom. The molecule has 7 heteroatoms. The Balaban J connectivity index is 2.43. The van der Waals surface area contributed by atoms with Crippen molar-refractivity contribution in [1.82, 2.24) is 16.0 Å². The van der Waals surface area contributed by atoms with Crippen molar-refractivity contribution in [2.75, 3.05) is 6.54 Å². The van der Waals surface area contributed by atoms with Gasteiger partial charge in [-0.25, -0.2) is 9.59 Å². The average molecular weight is 285 g/mol. The number of urea groups is 1. The minimum absolute atomic E-state index is 0.0471. The molecule has 0 spiro atoms. The van der Waals surface area contributed by atoms with Crippen LogP contribution < -0.4 is 16.0 Å². The summed E-state index contributed by atoms with van der Waals surface area (Å²) in [5.41, 5.74) is -1.65. The van der Waals surface area contributed by atoms with Gasteiger partial charge in [0.2, 0.25) is 5.91 Å². The zero-order chi connectivity index (χ0) is 15.6. The van der Waals surface area contributed by atoms with Crippen LogP contribution >= 0.6 is 0 Å². The maximum atomic E-state index is 11.7. The Kier molecular flexibility index (Phi) is 4.62. The Morgan fingerprint density at radius 3 is 2.05 bits per heavy atom. The molecule has 20 heavy (non-hydrogen) atoms. The number of hydrogen-bond acceptors (Lipinski definition) is 3. The number of rotatable bonds is 5. The fourth-order valence-corrected chi connectivity index (χ4v) is 1.89. The lowest BCUT2D eigenvalue weighted by Gasteiger charge is -2.26. The molecule has 0 aromatic rings. The monoisotopic (exact) mass is 285 g/mol. The van der Waals surface area contributed by atoms with Crippen molar-refractivity contribution >= 4 is 17.9 Å². The quantitative estimate of drug-likeness (QED) is 0.588. The molecule has 0 saturated heterocycles. The largest absolute Gasteiger partial charge is 0.480 e. The van der Waals surface area contributed by atoms with Gasteiger partial charge >= 0.3 is 12.0 Å². The molecule has 1 aliphatic rings. The first-order chi connectivity index (χ1) is 9.04. The van der Waals surface area contributed by atoms with Gasteiger partial charge in [-0.05, 0) is 46.5 Å². The van der Waals surface area contributed by atoms with Crippen molar-refractivity contribution in [2.24, 2.45) is 5.92 Å². The van der Waals surface area contributed by atoms with Crippen LogP contribution in [-0.4, -0.2) is 40.6 Å². The first-order valence-corrected chi connectivity index (χ1v) is 6.65. The topological polar surface area (TPSA) is 108 Å². The van der Waals surface area contributed by atoms with E-state index in [1.54, 1.807) is 0 Å². The SMILES string of the molecule is CC(C)(C)NC(=O)CNC(=O)NC(C)(C(=O)O)C1CC1. The van der Waals surface area contributed by atoms with Gasteiger partial charge in [0.1, 0.15) is 5.54 Å². The van der Waals surface area contributed by atoms with Crippen LogP contribution in [0.4, 0.5) is 4.79 Å². The van der Waals surface area contributed by atoms with E-state index in [9.17, 15) is 19.5 Å². The number of nitrogens with one attached hydrogen (secondary N) is 3. The molecule has 1 atom stereocenters. The summed E-state index contributed by atoms with van der Waals surface area (Å²) in [7, 11) is 0. The number of carbonyl (C=O) groups excluding carboxylic acids is 2. The molecule has 1 rings (SSSR count). The number of carboxylic acid groups (broad SMARTS) is 1. The lowest BCUT2D eigenvalue weighted by Crippen LogP contribution is -2.57. The van der Waals surface area contributed by atoms with Crippen LogP contribution in [0.2, 0.25) is 0 Å². The zero-order valence-electron chi connectivity index (χ0n) is 12.4. The molecule has 1 saturated carbocycles. The highest BCUT2D eigenvalue weighted by atomic mass is 16.4. The summed E-state index contributed by atoms with van der Waals surface area (Å²) in [6.07, 6.45) is 1.57. The van der Waals surface area contributed by atoms with Crippen LogP contribution in [0.25, 0.3) is 0 Å². The molecule has 0 heterocycles. The van der Waals surface area contributed by atoms with Gasteiger partial charge in [0.15, 0.2) is 0 Å². The predicted octanol–water partition coefficient (Wildman–Crippen LogP) is 0.454. The predicted molar refractivity (Wildman–Crippen MR) is 73.2 cm³/mol. The molecule has 0 radical (unpaired) electrons. The molecule has 1 fully saturated rings. The number of carbonyl (C=O) groups is 3. The molecule has 7 nitrogen and oxygen atoms in total. The average Bonchev–Trinajstić information content (AvgIpc) is 3.07. The summed E-state index contributed by atoms with van der Waals surface area (Å²) in [6, 6.07) is -0.647. The second kappa shape index (κ2) is 5.68. The fourth-order valence-electron chi connectivity index (χ4n) is 1.89. The Labute approximate surface area is 118 Å². The van der Waals surface area contributed by atoms with Gasteiger partial charge in [-0.15, -0.1) is 0 Å². The highest BCUT2D eigenvalue weighted by Crippen LogP contribution is 2.39. The highest BCUT2D eigenvalue weighted by molar-refractivity contribution is 5.89. The van der Waals surface area contributed by atoms with Gasteiger partial charge in [0.25, 0.3) is 0 Å². The molecule has 0 aromatic heterocycles. The number of hydrogen-bond donors (Lipinski definition) is 4. The van der Waals surface area contributed by atoms with Gasteiger partial charge in [-0.3, -0.25) is 4.79 Å². The van der Waals surface area contributed by atoms with E-state index in [2.05, 4.69) is 16.0 Å². The molecule has 0 aromatic carbocycles. The van der Waals surface area contributed by atoms with E-state index < -0.39 is 17.5 Å². The maximum Gasteiger partial charge on any atom is 0.329 e. The summed E-state index contributed by atoms with van der Waals surface area (Å²) in [4.78, 5) is 34.5. The van der Waals surface area contributed by atoms with Crippen LogP contribution in [0.5, 0.6) is 0 Å². The van der Waals surface area contributed by atoms with Gasteiger partial charge in [-0.1, -0.05) is 0 Å². The molecular weight excluding hydrogens is 262 g/mol. The van der Waals surface area contributed by atoms with Gasteiger partial charge < -0.3 is 21.1 Å². The fraction of sp³-hybridized carbons (Fsp3) is 0.769. The molecule has 1 unspecified atom stereocenters. The van der Waals surface area contributed by atoms with Crippen LogP contribution in [0.1, 0.15) is 40.5 Å². The van der Waals surface area contributed by atoms with Crippen molar-refractivity contribution in [1.29, 1.82) is 0 Å². The van der Waals surface area contributed by atoms with Crippen molar-refractivity contribution in [3.63, 3.8) is 0 Å². The standard InChI is InChI=1S/C13H23N3O4/c1-12(2,3)15-9(17)7-14-11(20)16-13(4,10(18)19)8-5-6-8/h8H,5-7H2,1-4H3,(H,15,17)(H,18,19)(H2,14,16,20). The maximum absolute atomic E-state index is 11.7. The van der Waals surface area contributed by atoms with E-state index in [-0.39, 0.29) is 23.9 Å². The molecule has 0 aliphatic heterocycles. The first kappa shape index (κ1) is 16.3. The van der Waals surface area contributed by atoms with Crippen LogP contribution in [0.15, 0.2) is 0 Å². The van der Waals surface area contributed by atoms with E-state index in [0.29, 0.717) is 0 Å². The van der Waals surface area contributed by atoms with Crippen LogP contribution in [0.3, 0.4) is 0 Å². The third kappa shape index (κ3) is 4.71. The molecule has 0 bridgehead atoms. The Hall–Kier alpha value is -1.79. The number of amides is 3. The third-order valence-corrected chi connectivity index (χ3v) is 3.14. The minimum Gasteiger partial charge on any atom is -0.480 e. The molecule has 114 valence electrons. The lowest BCUT2D eigenvalue weighted by molar-refractivity contribution is -0.144. The van der Waals surface area contributed by atoms with E-state index >= 15 is 0 Å². The van der Waals surface area contributed by atoms with Crippen LogP contribution in [-0.2, 0) is 9.59 Å². The summed E-state index contributed by atoms with van der Waals surface area (Å²) in [5.74, 6) is -1.43. The van der Waals surface area contributed by atoms with E-state index in [4.69, 9.17) is 0 Å². The Morgan fingerprint density at radius 2 is 1.65 bits per heavy atom. The molecule has 4 N–H and O–H groups in total. The minimum atomic E-state index is -1.27. The molecule has 1 aliphatic carbocycles. The summed E-state index contributed by atoms with van der Waals surface area (Å²) >= 11 is 0. The molecule has 3 amide bonds. The second-order valence-electron chi connectivity index (χ2n) is 6.39. The summed E-state index contributed by atoms with van der Waals surface area (Å²) < 4.78 is 0. The van der Waals surface area contributed by atoms with Crippen LogP contribution in [0, 0.1) is 5.92 Å². The van der Waals surface area contributed by atoms with Gasteiger partial charge in [0, 0.05) is 5.54 Å². The van der Waals surface area contributed by atoms with Crippen molar-refractivity contribution in [3.05, 3.63) is 0 Å².